The molecule has 1 rings (SSSR count). The zero-order chi connectivity index (χ0) is 19.5. The summed E-state index contributed by atoms with van der Waals surface area (Å²) in [6.07, 6.45) is 0. The number of benzene rings is 1. The van der Waals surface area contributed by atoms with Crippen molar-refractivity contribution in [3.05, 3.63) is 41.2 Å². The summed E-state index contributed by atoms with van der Waals surface area (Å²) in [6, 6.07) is 4.04. The number of hydrogen-bond donors (Lipinski definition) is 1. The Labute approximate surface area is 144 Å². The fraction of sp³-hybridized carbons (Fsp3) is 0.467. The van der Waals surface area contributed by atoms with Crippen LogP contribution in [0.5, 0.6) is 0 Å². The van der Waals surface area contributed by atoms with E-state index in [-0.39, 0.29) is 5.56 Å². The third-order valence-corrected chi connectivity index (χ3v) is 5.01. The van der Waals surface area contributed by atoms with E-state index in [0.29, 0.717) is 0 Å². The summed E-state index contributed by atoms with van der Waals surface area (Å²) in [5, 5.41) is 11.0. The maximum absolute atomic E-state index is 13.2. The van der Waals surface area contributed by atoms with Crippen molar-refractivity contribution in [2.24, 2.45) is 0 Å². The Morgan fingerprint density at radius 2 is 1.68 bits per heavy atom. The third kappa shape index (κ3) is 4.39. The molecule has 138 valence electrons. The summed E-state index contributed by atoms with van der Waals surface area (Å²) in [7, 11) is -2.39. The van der Waals surface area contributed by atoms with Gasteiger partial charge in [0, 0.05) is 19.8 Å². The van der Waals surface area contributed by atoms with Gasteiger partial charge in [0.2, 0.25) is 0 Å². The van der Waals surface area contributed by atoms with Crippen LogP contribution in [0.3, 0.4) is 0 Å². The summed E-state index contributed by atoms with van der Waals surface area (Å²) in [5.74, 6) is -1.94. The largest absolute Gasteiger partial charge is 0.457 e. The Morgan fingerprint density at radius 3 is 2.04 bits per heavy atom. The molecule has 1 atom stereocenters. The first-order valence-electron chi connectivity index (χ1n) is 7.11. The number of rotatable bonds is 6. The van der Waals surface area contributed by atoms with Gasteiger partial charge in [-0.3, -0.25) is 0 Å². The van der Waals surface area contributed by atoms with Crippen molar-refractivity contribution in [1.82, 2.24) is 0 Å². The molecule has 1 aromatic carbocycles. The lowest BCUT2D eigenvalue weighted by Gasteiger charge is -2.28. The molecular formula is C15H20FN2O6P. The predicted octanol–water partition coefficient (Wildman–Crippen LogP) is 2.47. The summed E-state index contributed by atoms with van der Waals surface area (Å²) >= 11 is 0. The molecule has 0 saturated carbocycles. The van der Waals surface area contributed by atoms with E-state index in [4.69, 9.17) is 13.8 Å². The lowest BCUT2D eigenvalue weighted by atomic mass is 9.94. The summed E-state index contributed by atoms with van der Waals surface area (Å²) in [5.41, 5.74) is 4.21. The van der Waals surface area contributed by atoms with Crippen LogP contribution in [0, 0.1) is 5.82 Å². The fourth-order valence-electron chi connectivity index (χ4n) is 1.95. The molecular weight excluding hydrogens is 354 g/mol. The smallest absolute Gasteiger partial charge is 0.441 e. The van der Waals surface area contributed by atoms with Gasteiger partial charge in [0.15, 0.2) is 0 Å². The number of halogens is 1. The number of ether oxygens (including phenoxy) is 1. The second-order valence-corrected chi connectivity index (χ2v) is 8.15. The van der Waals surface area contributed by atoms with Gasteiger partial charge in [-0.15, -0.1) is 0 Å². The number of hydrogen-bond acceptors (Lipinski definition) is 6. The number of carbonyl (C=O) groups is 1. The van der Waals surface area contributed by atoms with E-state index in [1.54, 1.807) is 0 Å². The van der Waals surface area contributed by atoms with E-state index >= 15 is 0 Å². The molecule has 25 heavy (non-hydrogen) atoms. The molecule has 1 N–H and O–H groups in total. The topological polar surface area (TPSA) is 118 Å². The van der Waals surface area contributed by atoms with Gasteiger partial charge in [0.1, 0.15) is 11.4 Å². The average Bonchev–Trinajstić information content (AvgIpc) is 2.53. The monoisotopic (exact) mass is 374 g/mol. The van der Waals surface area contributed by atoms with Crippen molar-refractivity contribution < 1.29 is 37.4 Å². The molecule has 0 bridgehead atoms. The zero-order valence-corrected chi connectivity index (χ0v) is 15.4. The Balaban J connectivity index is 3.68. The van der Waals surface area contributed by atoms with Crippen LogP contribution < -0.4 is 0 Å². The number of esters is 1. The minimum Gasteiger partial charge on any atom is -0.457 e. The van der Waals surface area contributed by atoms with E-state index in [0.717, 1.165) is 38.5 Å². The van der Waals surface area contributed by atoms with Crippen molar-refractivity contribution >= 4 is 19.0 Å². The Kier molecular flexibility index (Phi) is 6.39. The van der Waals surface area contributed by atoms with Gasteiger partial charge in [0.25, 0.3) is 5.60 Å². The standard InChI is InChI=1S/C15H20FN2O6P/c1-14(2,3)24-13(19)15(20,10-6-8-11(16)9-7-10)12(18-17)25(21,22-4)23-5/h6-9,20H,1-5H3/t15-/m0/s1. The van der Waals surface area contributed by atoms with Gasteiger partial charge >= 0.3 is 19.0 Å². The number of aliphatic hydroxyl groups is 1. The zero-order valence-electron chi connectivity index (χ0n) is 14.5. The van der Waals surface area contributed by atoms with Crippen molar-refractivity contribution in [2.45, 2.75) is 32.0 Å². The lowest BCUT2D eigenvalue weighted by Crippen LogP contribution is -2.48. The van der Waals surface area contributed by atoms with Crippen LogP contribution in [0.4, 0.5) is 4.39 Å². The molecule has 0 aliphatic carbocycles. The Hall–Kier alpha value is -1.89. The van der Waals surface area contributed by atoms with Crippen LogP contribution in [-0.4, -0.2) is 41.1 Å². The average molecular weight is 374 g/mol. The van der Waals surface area contributed by atoms with Gasteiger partial charge in [-0.05, 0) is 32.9 Å². The molecule has 0 heterocycles. The van der Waals surface area contributed by atoms with E-state index in [1.165, 1.54) is 20.8 Å². The molecule has 1 aromatic rings. The quantitative estimate of drug-likeness (QED) is 0.269. The van der Waals surface area contributed by atoms with Crippen LogP contribution in [0.2, 0.25) is 0 Å². The molecule has 0 aliphatic rings. The third-order valence-electron chi connectivity index (χ3n) is 3.11. The fourth-order valence-corrected chi connectivity index (χ4v) is 3.18. The summed E-state index contributed by atoms with van der Waals surface area (Å²) < 4.78 is 40.4. The van der Waals surface area contributed by atoms with Gasteiger partial charge in [-0.1, -0.05) is 12.1 Å². The molecule has 0 spiro atoms. The molecule has 0 unspecified atom stereocenters. The number of nitrogens with zero attached hydrogens (tertiary/aromatic N) is 2. The van der Waals surface area contributed by atoms with Crippen LogP contribution >= 0.6 is 7.60 Å². The maximum Gasteiger partial charge on any atom is 0.441 e. The first-order valence-corrected chi connectivity index (χ1v) is 8.65. The maximum atomic E-state index is 13.2. The predicted molar refractivity (Wildman–Crippen MR) is 86.4 cm³/mol. The molecule has 0 aliphatic heterocycles. The van der Waals surface area contributed by atoms with Gasteiger partial charge in [-0.25, -0.2) is 13.8 Å². The molecule has 0 amide bonds. The van der Waals surface area contributed by atoms with Crippen LogP contribution in [0.25, 0.3) is 5.53 Å². The van der Waals surface area contributed by atoms with E-state index < -0.39 is 36.0 Å². The molecule has 0 saturated heterocycles. The van der Waals surface area contributed by atoms with Crippen molar-refractivity contribution in [2.75, 3.05) is 14.2 Å². The highest BCUT2D eigenvalue weighted by molar-refractivity contribution is 7.72. The van der Waals surface area contributed by atoms with Crippen LogP contribution in [0.15, 0.2) is 24.3 Å². The number of carbonyl (C=O) groups excluding carboxylic acids is 1. The minimum absolute atomic E-state index is 0.245. The highest BCUT2D eigenvalue weighted by Crippen LogP contribution is 2.53. The Morgan fingerprint density at radius 1 is 1.20 bits per heavy atom. The normalized spacial score (nSPS) is 14.4. The molecule has 0 fully saturated rings. The van der Waals surface area contributed by atoms with Gasteiger partial charge in [0.05, 0.1) is 0 Å². The first kappa shape index (κ1) is 21.2. The molecule has 0 radical (unpaired) electrons. The van der Waals surface area contributed by atoms with E-state index in [2.05, 4.69) is 4.79 Å². The first-order chi connectivity index (χ1) is 11.4. The molecule has 0 aromatic heterocycles. The second kappa shape index (κ2) is 7.56. The van der Waals surface area contributed by atoms with Crippen molar-refractivity contribution in [3.8, 4) is 0 Å². The summed E-state index contributed by atoms with van der Waals surface area (Å²) in [6.45, 7) is 4.62. The molecule has 10 heteroatoms. The second-order valence-electron chi connectivity index (χ2n) is 6.01. The van der Waals surface area contributed by atoms with Crippen LogP contribution in [-0.2, 0) is 28.7 Å². The van der Waals surface area contributed by atoms with Crippen molar-refractivity contribution in [1.29, 1.82) is 0 Å². The molecule has 8 nitrogen and oxygen atoms in total. The van der Waals surface area contributed by atoms with Crippen molar-refractivity contribution in [3.63, 3.8) is 0 Å². The van der Waals surface area contributed by atoms with Gasteiger partial charge < -0.3 is 24.4 Å². The Bertz CT molecular complexity index is 731. The van der Waals surface area contributed by atoms with Gasteiger partial charge in [-0.2, -0.15) is 4.79 Å². The van der Waals surface area contributed by atoms with E-state index in [1.807, 2.05) is 0 Å². The highest BCUT2D eigenvalue weighted by Gasteiger charge is 2.62. The highest BCUT2D eigenvalue weighted by atomic mass is 31.2. The minimum atomic E-state index is -4.35. The van der Waals surface area contributed by atoms with Crippen LogP contribution in [0.1, 0.15) is 26.3 Å². The SMILES string of the molecule is COP(=O)(OC)C(=[N+]=[N-])[C@](O)(C(=O)OC(C)(C)C)c1ccc(F)cc1. The summed E-state index contributed by atoms with van der Waals surface area (Å²) in [4.78, 5) is 15.4. The lowest BCUT2D eigenvalue weighted by molar-refractivity contribution is -0.173. The van der Waals surface area contributed by atoms with E-state index in [9.17, 15) is 24.4 Å².